The quantitative estimate of drug-likeness (QED) is 0.678. The Balaban J connectivity index is 1.83. The van der Waals surface area contributed by atoms with Crippen molar-refractivity contribution in [2.24, 2.45) is 0 Å². The summed E-state index contributed by atoms with van der Waals surface area (Å²) in [6, 6.07) is 13.3. The Morgan fingerprint density at radius 3 is 2.48 bits per heavy atom. The van der Waals surface area contributed by atoms with Crippen LogP contribution < -0.4 is 14.8 Å². The van der Waals surface area contributed by atoms with E-state index in [0.717, 1.165) is 0 Å². The average molecular weight is 388 g/mol. The molecule has 140 valence electrons. The van der Waals surface area contributed by atoms with Crippen LogP contribution in [0, 0.1) is 0 Å². The summed E-state index contributed by atoms with van der Waals surface area (Å²) in [6.07, 6.45) is 0.206. The van der Waals surface area contributed by atoms with E-state index in [-0.39, 0.29) is 0 Å². The lowest BCUT2D eigenvalue weighted by atomic mass is 10.1. The molecule has 0 spiro atoms. The van der Waals surface area contributed by atoms with Crippen molar-refractivity contribution in [3.8, 4) is 17.2 Å². The molecule has 2 N–H and O–H groups in total. The first kappa shape index (κ1) is 18.8. The lowest BCUT2D eigenvalue weighted by Crippen LogP contribution is -2.22. The van der Waals surface area contributed by atoms with Crippen LogP contribution >= 0.6 is 11.6 Å². The van der Waals surface area contributed by atoms with Gasteiger partial charge in [-0.1, -0.05) is 23.7 Å². The smallest absolute Gasteiger partial charge is 0.258 e. The standard InChI is InChI=1S/C19H18ClN3O4/c1-26-15-8-7-14(11-16(15)27-2)23-17(9-10-21-23)22-19(25)18(24)12-3-5-13(20)6-4-12/h3-11,18,24H,1-2H3,(H,22,25). The van der Waals surface area contributed by atoms with Crippen LogP contribution in [-0.4, -0.2) is 35.0 Å². The molecule has 0 bridgehead atoms. The number of aliphatic hydroxyl groups excluding tert-OH is 1. The van der Waals surface area contributed by atoms with Gasteiger partial charge in [0.2, 0.25) is 0 Å². The Bertz CT molecular complexity index is 940. The van der Waals surface area contributed by atoms with Crippen molar-refractivity contribution in [2.45, 2.75) is 6.10 Å². The molecule has 1 aromatic heterocycles. The van der Waals surface area contributed by atoms with Crippen LogP contribution in [0.4, 0.5) is 5.82 Å². The van der Waals surface area contributed by atoms with E-state index in [1.54, 1.807) is 61.8 Å². The summed E-state index contributed by atoms with van der Waals surface area (Å²) < 4.78 is 12.0. The number of aliphatic hydroxyl groups is 1. The summed E-state index contributed by atoms with van der Waals surface area (Å²) in [5.74, 6) is 0.931. The first-order chi connectivity index (χ1) is 13.0. The monoisotopic (exact) mass is 387 g/mol. The molecule has 3 aromatic rings. The number of anilines is 1. The van der Waals surface area contributed by atoms with Gasteiger partial charge in [0.15, 0.2) is 17.6 Å². The van der Waals surface area contributed by atoms with E-state index in [0.29, 0.717) is 33.6 Å². The Labute approximate surface area is 161 Å². The first-order valence-corrected chi connectivity index (χ1v) is 8.42. The number of rotatable bonds is 6. The molecular weight excluding hydrogens is 370 g/mol. The third-order valence-corrected chi connectivity index (χ3v) is 4.19. The van der Waals surface area contributed by atoms with Gasteiger partial charge in [0.25, 0.3) is 5.91 Å². The van der Waals surface area contributed by atoms with Crippen LogP contribution in [0.1, 0.15) is 11.7 Å². The SMILES string of the molecule is COc1ccc(-n2nccc2NC(=O)C(O)c2ccc(Cl)cc2)cc1OC. The minimum Gasteiger partial charge on any atom is -0.493 e. The van der Waals surface area contributed by atoms with Crippen molar-refractivity contribution in [1.82, 2.24) is 9.78 Å². The second-order valence-electron chi connectivity index (χ2n) is 5.61. The number of nitrogens with zero attached hydrogens (tertiary/aromatic N) is 2. The summed E-state index contributed by atoms with van der Waals surface area (Å²) >= 11 is 5.83. The van der Waals surface area contributed by atoms with E-state index in [9.17, 15) is 9.90 Å². The van der Waals surface area contributed by atoms with Gasteiger partial charge >= 0.3 is 0 Å². The normalized spacial score (nSPS) is 11.7. The number of methoxy groups -OCH3 is 2. The molecule has 7 nitrogen and oxygen atoms in total. The van der Waals surface area contributed by atoms with Crippen molar-refractivity contribution < 1.29 is 19.4 Å². The molecule has 0 aliphatic carbocycles. The second-order valence-corrected chi connectivity index (χ2v) is 6.05. The predicted octanol–water partition coefficient (Wildman–Crippen LogP) is 3.22. The van der Waals surface area contributed by atoms with Gasteiger partial charge in [-0.15, -0.1) is 0 Å². The maximum Gasteiger partial charge on any atom is 0.258 e. The van der Waals surface area contributed by atoms with Crippen molar-refractivity contribution in [3.63, 3.8) is 0 Å². The highest BCUT2D eigenvalue weighted by Gasteiger charge is 2.19. The molecule has 1 unspecified atom stereocenters. The zero-order valence-corrected chi connectivity index (χ0v) is 15.5. The fourth-order valence-corrected chi connectivity index (χ4v) is 2.68. The molecule has 1 atom stereocenters. The number of hydrogen-bond donors (Lipinski definition) is 2. The lowest BCUT2D eigenvalue weighted by molar-refractivity contribution is -0.124. The number of halogens is 1. The summed E-state index contributed by atoms with van der Waals surface area (Å²) in [4.78, 5) is 12.4. The highest BCUT2D eigenvalue weighted by molar-refractivity contribution is 6.30. The number of hydrogen-bond acceptors (Lipinski definition) is 5. The maximum absolute atomic E-state index is 12.4. The molecule has 2 aromatic carbocycles. The Morgan fingerprint density at radius 1 is 1.11 bits per heavy atom. The zero-order valence-electron chi connectivity index (χ0n) is 14.7. The van der Waals surface area contributed by atoms with Crippen molar-refractivity contribution in [3.05, 3.63) is 65.3 Å². The number of nitrogens with one attached hydrogen (secondary N) is 1. The molecule has 8 heteroatoms. The Morgan fingerprint density at radius 2 is 1.81 bits per heavy atom. The van der Waals surface area contributed by atoms with Crippen LogP contribution in [0.2, 0.25) is 5.02 Å². The number of aromatic nitrogens is 2. The molecule has 0 aliphatic rings. The van der Waals surface area contributed by atoms with Crippen LogP contribution in [0.25, 0.3) is 5.69 Å². The van der Waals surface area contributed by atoms with Gasteiger partial charge < -0.3 is 19.9 Å². The summed E-state index contributed by atoms with van der Waals surface area (Å²) in [7, 11) is 3.09. The van der Waals surface area contributed by atoms with Crippen LogP contribution in [0.5, 0.6) is 11.5 Å². The van der Waals surface area contributed by atoms with Crippen LogP contribution in [0.15, 0.2) is 54.7 Å². The number of ether oxygens (including phenoxy) is 2. The largest absolute Gasteiger partial charge is 0.493 e. The van der Waals surface area contributed by atoms with E-state index >= 15 is 0 Å². The first-order valence-electron chi connectivity index (χ1n) is 8.04. The fraction of sp³-hybridized carbons (Fsp3) is 0.158. The third kappa shape index (κ3) is 4.05. The predicted molar refractivity (Wildman–Crippen MR) is 102 cm³/mol. The molecule has 0 fully saturated rings. The van der Waals surface area contributed by atoms with Gasteiger partial charge in [-0.2, -0.15) is 5.10 Å². The Hall–Kier alpha value is -3.03. The van der Waals surface area contributed by atoms with Crippen molar-refractivity contribution in [1.29, 1.82) is 0 Å². The molecule has 1 amide bonds. The average Bonchev–Trinajstić information content (AvgIpc) is 3.15. The molecule has 27 heavy (non-hydrogen) atoms. The van der Waals surface area contributed by atoms with E-state index in [1.165, 1.54) is 11.8 Å². The van der Waals surface area contributed by atoms with E-state index in [4.69, 9.17) is 21.1 Å². The minimum atomic E-state index is -1.34. The molecule has 0 radical (unpaired) electrons. The number of carbonyl (C=O) groups excluding carboxylic acids is 1. The fourth-order valence-electron chi connectivity index (χ4n) is 2.55. The molecule has 0 aliphatic heterocycles. The zero-order chi connectivity index (χ0) is 19.4. The summed E-state index contributed by atoms with van der Waals surface area (Å²) in [6.45, 7) is 0. The number of amides is 1. The lowest BCUT2D eigenvalue weighted by Gasteiger charge is -2.14. The third-order valence-electron chi connectivity index (χ3n) is 3.94. The van der Waals surface area contributed by atoms with E-state index in [1.807, 2.05) is 0 Å². The number of carbonyl (C=O) groups is 1. The molecule has 3 rings (SSSR count). The topological polar surface area (TPSA) is 85.6 Å². The van der Waals surface area contributed by atoms with Crippen LogP contribution in [0.3, 0.4) is 0 Å². The molecule has 0 saturated heterocycles. The number of benzene rings is 2. The molecule has 1 heterocycles. The van der Waals surface area contributed by atoms with Crippen LogP contribution in [-0.2, 0) is 4.79 Å². The Kier molecular flexibility index (Phi) is 5.63. The highest BCUT2D eigenvalue weighted by atomic mass is 35.5. The molecular formula is C19H18ClN3O4. The summed E-state index contributed by atoms with van der Waals surface area (Å²) in [5.41, 5.74) is 1.10. The van der Waals surface area contributed by atoms with Gasteiger partial charge in [0.05, 0.1) is 26.1 Å². The minimum absolute atomic E-state index is 0.403. The van der Waals surface area contributed by atoms with E-state index in [2.05, 4.69) is 10.4 Å². The highest BCUT2D eigenvalue weighted by Crippen LogP contribution is 2.30. The second kappa shape index (κ2) is 8.11. The summed E-state index contributed by atoms with van der Waals surface area (Å²) in [5, 5.41) is 17.7. The van der Waals surface area contributed by atoms with Gasteiger partial charge in [-0.25, -0.2) is 4.68 Å². The van der Waals surface area contributed by atoms with Crippen molar-refractivity contribution >= 4 is 23.3 Å². The maximum atomic E-state index is 12.4. The van der Waals surface area contributed by atoms with E-state index < -0.39 is 12.0 Å². The van der Waals surface area contributed by atoms with Gasteiger partial charge in [-0.3, -0.25) is 4.79 Å². The van der Waals surface area contributed by atoms with Crippen molar-refractivity contribution in [2.75, 3.05) is 19.5 Å². The van der Waals surface area contributed by atoms with Gasteiger partial charge in [0.1, 0.15) is 5.82 Å². The van der Waals surface area contributed by atoms with Gasteiger partial charge in [0, 0.05) is 17.2 Å². The van der Waals surface area contributed by atoms with Gasteiger partial charge in [-0.05, 0) is 29.8 Å². The molecule has 0 saturated carbocycles.